The minimum atomic E-state index is -0.874. The van der Waals surface area contributed by atoms with Crippen molar-refractivity contribution in [2.45, 2.75) is 45.1 Å². The Labute approximate surface area is 166 Å². The van der Waals surface area contributed by atoms with E-state index in [9.17, 15) is 29.6 Å². The normalized spacial score (nSPS) is 19.4. The minimum Gasteiger partial charge on any atom is -0.500 e. The Bertz CT molecular complexity index is 903. The predicted octanol–water partition coefficient (Wildman–Crippen LogP) is 2.49. The average molecular weight is 403 g/mol. The van der Waals surface area contributed by atoms with Crippen LogP contribution < -0.4 is 10.1 Å². The molecule has 1 aliphatic heterocycles. The molecule has 3 rings (SSSR count). The first-order valence-electron chi connectivity index (χ1n) is 9.38. The number of carbonyl (C=O) groups excluding carboxylic acids is 3. The zero-order valence-electron chi connectivity index (χ0n) is 15.8. The molecule has 0 radical (unpaired) electrons. The van der Waals surface area contributed by atoms with E-state index in [1.165, 1.54) is 6.07 Å². The van der Waals surface area contributed by atoms with Gasteiger partial charge in [-0.3, -0.25) is 29.9 Å². The number of aromatic hydroxyl groups is 1. The fourth-order valence-electron chi connectivity index (χ4n) is 3.61. The molecule has 4 amide bonds. The monoisotopic (exact) mass is 403 g/mol. The molecule has 0 atom stereocenters. The van der Waals surface area contributed by atoms with Crippen LogP contribution in [0.15, 0.2) is 17.7 Å². The van der Waals surface area contributed by atoms with Gasteiger partial charge in [-0.2, -0.15) is 0 Å². The number of urea groups is 1. The van der Waals surface area contributed by atoms with Gasteiger partial charge in [0.1, 0.15) is 5.57 Å². The van der Waals surface area contributed by atoms with Gasteiger partial charge in [-0.25, -0.2) is 4.79 Å². The van der Waals surface area contributed by atoms with Crippen molar-refractivity contribution in [3.63, 3.8) is 0 Å². The van der Waals surface area contributed by atoms with E-state index in [4.69, 9.17) is 4.74 Å². The fourth-order valence-corrected chi connectivity index (χ4v) is 3.61. The van der Waals surface area contributed by atoms with E-state index in [1.54, 1.807) is 6.92 Å². The van der Waals surface area contributed by atoms with Gasteiger partial charge < -0.3 is 9.84 Å². The number of ether oxygens (including phenoxy) is 1. The van der Waals surface area contributed by atoms with Gasteiger partial charge in [-0.15, -0.1) is 0 Å². The third kappa shape index (κ3) is 4.05. The third-order valence-electron chi connectivity index (χ3n) is 4.96. The van der Waals surface area contributed by atoms with Crippen molar-refractivity contribution in [3.8, 4) is 11.5 Å². The van der Waals surface area contributed by atoms with E-state index < -0.39 is 34.2 Å². The second-order valence-corrected chi connectivity index (χ2v) is 6.86. The highest BCUT2D eigenvalue weighted by molar-refractivity contribution is 6.31. The summed E-state index contributed by atoms with van der Waals surface area (Å²) in [7, 11) is 0. The lowest BCUT2D eigenvalue weighted by Crippen LogP contribution is -2.58. The van der Waals surface area contributed by atoms with E-state index in [0.717, 1.165) is 36.3 Å². The number of phenolic OH excluding ortho intramolecular Hbond substituents is 1. The average Bonchev–Trinajstić information content (AvgIpc) is 2.68. The summed E-state index contributed by atoms with van der Waals surface area (Å²) in [4.78, 5) is 48.9. The maximum absolute atomic E-state index is 12.9. The van der Waals surface area contributed by atoms with Gasteiger partial charge in [0.25, 0.3) is 11.8 Å². The Morgan fingerprint density at radius 1 is 1.28 bits per heavy atom. The van der Waals surface area contributed by atoms with Crippen LogP contribution in [0.4, 0.5) is 10.5 Å². The topological polar surface area (TPSA) is 139 Å². The highest BCUT2D eigenvalue weighted by atomic mass is 16.6. The molecule has 1 aromatic carbocycles. The number of nitro benzene ring substituents is 1. The number of phenols is 1. The minimum absolute atomic E-state index is 0.120. The molecule has 1 saturated heterocycles. The Kier molecular flexibility index (Phi) is 5.81. The molecule has 0 unspecified atom stereocenters. The number of imide groups is 2. The fraction of sp³-hybridized carbons (Fsp3) is 0.421. The number of nitrogens with zero attached hydrogens (tertiary/aromatic N) is 2. The van der Waals surface area contributed by atoms with Gasteiger partial charge in [0.05, 0.1) is 11.5 Å². The molecule has 1 aliphatic carbocycles. The molecule has 0 aromatic heterocycles. The quantitative estimate of drug-likeness (QED) is 0.333. The van der Waals surface area contributed by atoms with E-state index >= 15 is 0 Å². The van der Waals surface area contributed by atoms with E-state index in [0.29, 0.717) is 12.8 Å². The summed E-state index contributed by atoms with van der Waals surface area (Å²) in [6, 6.07) is 1.28. The summed E-state index contributed by atoms with van der Waals surface area (Å²) in [5, 5.41) is 23.4. The summed E-state index contributed by atoms with van der Waals surface area (Å²) in [5.74, 6) is -2.39. The Morgan fingerprint density at radius 3 is 2.59 bits per heavy atom. The summed E-state index contributed by atoms with van der Waals surface area (Å²) in [6.45, 7) is 1.79. The maximum atomic E-state index is 12.9. The molecular formula is C19H21N3O7. The van der Waals surface area contributed by atoms with Gasteiger partial charge in [-0.05, 0) is 37.5 Å². The summed E-state index contributed by atoms with van der Waals surface area (Å²) >= 11 is 0. The van der Waals surface area contributed by atoms with Crippen LogP contribution in [0.5, 0.6) is 11.5 Å². The molecule has 10 heteroatoms. The molecule has 0 spiro atoms. The van der Waals surface area contributed by atoms with Crippen LogP contribution in [0, 0.1) is 10.1 Å². The number of hydrogen-bond acceptors (Lipinski definition) is 7. The summed E-state index contributed by atoms with van der Waals surface area (Å²) in [5.41, 5.74) is -0.807. The van der Waals surface area contributed by atoms with Crippen LogP contribution in [0.1, 0.15) is 44.6 Å². The van der Waals surface area contributed by atoms with Crippen molar-refractivity contribution in [3.05, 3.63) is 33.4 Å². The van der Waals surface area contributed by atoms with Gasteiger partial charge in [0.15, 0.2) is 5.75 Å². The number of rotatable bonds is 5. The molecule has 1 saturated carbocycles. The number of hydrogen-bond donors (Lipinski definition) is 2. The van der Waals surface area contributed by atoms with Crippen molar-refractivity contribution in [1.29, 1.82) is 0 Å². The van der Waals surface area contributed by atoms with Crippen LogP contribution in [0.2, 0.25) is 0 Å². The predicted molar refractivity (Wildman–Crippen MR) is 101 cm³/mol. The Balaban J connectivity index is 2.01. The molecule has 2 aliphatic rings. The van der Waals surface area contributed by atoms with E-state index in [-0.39, 0.29) is 29.5 Å². The molecule has 10 nitrogen and oxygen atoms in total. The lowest BCUT2D eigenvalue weighted by molar-refractivity contribution is -0.386. The van der Waals surface area contributed by atoms with Gasteiger partial charge in [0.2, 0.25) is 5.75 Å². The zero-order valence-corrected chi connectivity index (χ0v) is 15.8. The number of nitro groups is 1. The highest BCUT2D eigenvalue weighted by Crippen LogP contribution is 2.38. The van der Waals surface area contributed by atoms with Gasteiger partial charge >= 0.3 is 11.7 Å². The lowest BCUT2D eigenvalue weighted by Gasteiger charge is -2.35. The second kappa shape index (κ2) is 8.29. The molecule has 1 heterocycles. The second-order valence-electron chi connectivity index (χ2n) is 6.86. The first-order chi connectivity index (χ1) is 13.8. The summed E-state index contributed by atoms with van der Waals surface area (Å²) in [6.07, 6.45) is 5.29. The van der Waals surface area contributed by atoms with Gasteiger partial charge in [-0.1, -0.05) is 19.3 Å². The van der Waals surface area contributed by atoms with Crippen molar-refractivity contribution in [1.82, 2.24) is 10.2 Å². The molecule has 0 bridgehead atoms. The van der Waals surface area contributed by atoms with E-state index in [2.05, 4.69) is 5.32 Å². The number of amides is 4. The smallest absolute Gasteiger partial charge is 0.331 e. The number of carbonyl (C=O) groups is 3. The Hall–Kier alpha value is -3.43. The van der Waals surface area contributed by atoms with E-state index in [1.807, 2.05) is 0 Å². The van der Waals surface area contributed by atoms with Crippen LogP contribution in [0.3, 0.4) is 0 Å². The zero-order chi connectivity index (χ0) is 21.1. The molecule has 154 valence electrons. The van der Waals surface area contributed by atoms with Crippen LogP contribution in [-0.2, 0) is 9.59 Å². The first-order valence-corrected chi connectivity index (χ1v) is 9.38. The molecular weight excluding hydrogens is 382 g/mol. The van der Waals surface area contributed by atoms with Crippen molar-refractivity contribution >= 4 is 29.6 Å². The van der Waals surface area contributed by atoms with Crippen molar-refractivity contribution < 1.29 is 29.2 Å². The van der Waals surface area contributed by atoms with Crippen LogP contribution in [0.25, 0.3) is 6.08 Å². The van der Waals surface area contributed by atoms with Crippen LogP contribution >= 0.6 is 0 Å². The third-order valence-corrected chi connectivity index (χ3v) is 4.96. The molecule has 2 fully saturated rings. The molecule has 1 aromatic rings. The number of benzene rings is 1. The number of nitrogens with one attached hydrogen (secondary N) is 1. The maximum Gasteiger partial charge on any atom is 0.331 e. The van der Waals surface area contributed by atoms with Gasteiger partial charge in [0, 0.05) is 12.1 Å². The van der Waals surface area contributed by atoms with Crippen LogP contribution in [-0.4, -0.2) is 45.4 Å². The molecule has 29 heavy (non-hydrogen) atoms. The lowest BCUT2D eigenvalue weighted by atomic mass is 9.93. The number of barbiturate groups is 1. The summed E-state index contributed by atoms with van der Waals surface area (Å²) < 4.78 is 5.21. The van der Waals surface area contributed by atoms with Crippen molar-refractivity contribution in [2.75, 3.05) is 6.61 Å². The SMILES string of the molecule is CCOc1cc(C=C2C(=O)NC(=O)N(C3CCCCC3)C2=O)cc([N+](=O)[O-])c1O. The Morgan fingerprint density at radius 2 is 1.97 bits per heavy atom. The highest BCUT2D eigenvalue weighted by Gasteiger charge is 2.40. The van der Waals surface area contributed by atoms with Crippen molar-refractivity contribution in [2.24, 2.45) is 0 Å². The molecule has 2 N–H and O–H groups in total. The first kappa shape index (κ1) is 20.3. The largest absolute Gasteiger partial charge is 0.500 e. The standard InChI is InChI=1S/C19H21N3O7/c1-2-29-15-10-11(9-14(16(15)23)22(27)28)8-13-17(24)20-19(26)21(18(13)25)12-6-4-3-5-7-12/h8-10,12,23H,2-7H2,1H3,(H,20,24,26).